The summed E-state index contributed by atoms with van der Waals surface area (Å²) in [6.45, 7) is 4.69. The highest BCUT2D eigenvalue weighted by molar-refractivity contribution is 5.83. The molecule has 19 heavy (non-hydrogen) atoms. The lowest BCUT2D eigenvalue weighted by Gasteiger charge is -2.26. The fourth-order valence-corrected chi connectivity index (χ4v) is 1.98. The highest BCUT2D eigenvalue weighted by Gasteiger charge is 2.10. The van der Waals surface area contributed by atoms with E-state index in [2.05, 4.69) is 4.90 Å². The molecule has 0 spiro atoms. The van der Waals surface area contributed by atoms with Crippen molar-refractivity contribution in [2.75, 3.05) is 39.5 Å². The lowest BCUT2D eigenvalue weighted by Crippen LogP contribution is -2.38. The Balaban J connectivity index is 1.87. The van der Waals surface area contributed by atoms with Gasteiger partial charge in [0, 0.05) is 30.8 Å². The van der Waals surface area contributed by atoms with E-state index in [0.29, 0.717) is 36.1 Å². The molecule has 0 N–H and O–H groups in total. The van der Waals surface area contributed by atoms with Crippen molar-refractivity contribution in [3.05, 3.63) is 29.3 Å². The molecule has 5 heteroatoms. The van der Waals surface area contributed by atoms with Crippen LogP contribution >= 0.6 is 0 Å². The van der Waals surface area contributed by atoms with E-state index >= 15 is 0 Å². The summed E-state index contributed by atoms with van der Waals surface area (Å²) < 4.78 is 10.9. The minimum Gasteiger partial charge on any atom is -0.492 e. The fourth-order valence-electron chi connectivity index (χ4n) is 1.98. The number of morpholine rings is 1. The smallest absolute Gasteiger partial charge is 0.150 e. The summed E-state index contributed by atoms with van der Waals surface area (Å²) in [7, 11) is 0. The van der Waals surface area contributed by atoms with Gasteiger partial charge in [-0.2, -0.15) is 0 Å². The van der Waals surface area contributed by atoms with E-state index in [-0.39, 0.29) is 0 Å². The first kappa shape index (κ1) is 13.7. The van der Waals surface area contributed by atoms with Crippen LogP contribution in [0.25, 0.3) is 0 Å². The molecule has 5 nitrogen and oxygen atoms in total. The molecule has 1 aromatic rings. The number of nitrogens with zero attached hydrogens (tertiary/aromatic N) is 1. The van der Waals surface area contributed by atoms with Gasteiger partial charge in [0.25, 0.3) is 0 Å². The second kappa shape index (κ2) is 7.01. The van der Waals surface area contributed by atoms with Gasteiger partial charge in [0.05, 0.1) is 13.2 Å². The highest BCUT2D eigenvalue weighted by Crippen LogP contribution is 2.15. The molecule has 102 valence electrons. The van der Waals surface area contributed by atoms with Crippen LogP contribution in [0.2, 0.25) is 0 Å². The molecule has 0 amide bonds. The van der Waals surface area contributed by atoms with Crippen molar-refractivity contribution in [2.45, 2.75) is 0 Å². The zero-order chi connectivity index (χ0) is 13.5. The van der Waals surface area contributed by atoms with Gasteiger partial charge in [-0.1, -0.05) is 0 Å². The first-order valence-corrected chi connectivity index (χ1v) is 6.30. The van der Waals surface area contributed by atoms with Crippen molar-refractivity contribution in [3.8, 4) is 5.75 Å². The van der Waals surface area contributed by atoms with Crippen LogP contribution in [-0.4, -0.2) is 56.9 Å². The Kier molecular flexibility index (Phi) is 5.06. The van der Waals surface area contributed by atoms with Crippen LogP contribution < -0.4 is 4.74 Å². The molecular formula is C14H17NO4. The molecule has 1 fully saturated rings. The first-order chi connectivity index (χ1) is 9.31. The number of benzene rings is 1. The second-order valence-corrected chi connectivity index (χ2v) is 4.37. The van der Waals surface area contributed by atoms with E-state index in [9.17, 15) is 9.59 Å². The fraction of sp³-hybridized carbons (Fsp3) is 0.429. The van der Waals surface area contributed by atoms with Gasteiger partial charge in [-0.15, -0.1) is 0 Å². The molecular weight excluding hydrogens is 246 g/mol. The number of aldehydes is 2. The summed E-state index contributed by atoms with van der Waals surface area (Å²) in [5.41, 5.74) is 0.900. The van der Waals surface area contributed by atoms with Crippen molar-refractivity contribution in [1.29, 1.82) is 0 Å². The van der Waals surface area contributed by atoms with Crippen LogP contribution in [0.5, 0.6) is 5.75 Å². The largest absolute Gasteiger partial charge is 0.492 e. The van der Waals surface area contributed by atoms with E-state index in [4.69, 9.17) is 9.47 Å². The zero-order valence-corrected chi connectivity index (χ0v) is 10.7. The van der Waals surface area contributed by atoms with Gasteiger partial charge in [0.2, 0.25) is 0 Å². The summed E-state index contributed by atoms with van der Waals surface area (Å²) in [5, 5.41) is 0. The predicted molar refractivity (Wildman–Crippen MR) is 70.0 cm³/mol. The number of hydrogen-bond acceptors (Lipinski definition) is 5. The number of rotatable bonds is 6. The lowest BCUT2D eigenvalue weighted by atomic mass is 10.1. The predicted octanol–water partition coefficient (Wildman–Crippen LogP) is 1.02. The average molecular weight is 263 g/mol. The monoisotopic (exact) mass is 263 g/mol. The number of carbonyl (C=O) groups excluding carboxylic acids is 2. The SMILES string of the molecule is O=Cc1cc(C=O)cc(OCCN2CCOCC2)c1. The minimum absolute atomic E-state index is 0.450. The summed E-state index contributed by atoms with van der Waals surface area (Å²) in [4.78, 5) is 23.8. The molecule has 0 saturated carbocycles. The van der Waals surface area contributed by atoms with E-state index < -0.39 is 0 Å². The Labute approximate surface area is 112 Å². The van der Waals surface area contributed by atoms with E-state index in [1.54, 1.807) is 12.1 Å². The van der Waals surface area contributed by atoms with Gasteiger partial charge >= 0.3 is 0 Å². The maximum atomic E-state index is 10.8. The number of ether oxygens (including phenoxy) is 2. The molecule has 0 aromatic heterocycles. The van der Waals surface area contributed by atoms with E-state index in [1.807, 2.05) is 0 Å². The average Bonchev–Trinajstić information content (AvgIpc) is 2.48. The third-order valence-corrected chi connectivity index (χ3v) is 3.00. The molecule has 0 atom stereocenters. The van der Waals surface area contributed by atoms with Gasteiger partial charge in [0.15, 0.2) is 0 Å². The van der Waals surface area contributed by atoms with Crippen molar-refractivity contribution in [1.82, 2.24) is 4.90 Å². The molecule has 0 aliphatic carbocycles. The Hall–Kier alpha value is -1.72. The maximum Gasteiger partial charge on any atom is 0.150 e. The summed E-state index contributed by atoms with van der Waals surface area (Å²) in [5.74, 6) is 0.556. The van der Waals surface area contributed by atoms with Crippen molar-refractivity contribution in [3.63, 3.8) is 0 Å². The molecule has 2 rings (SSSR count). The number of hydrogen-bond donors (Lipinski definition) is 0. The standard InChI is InChI=1S/C14H17NO4/c16-10-12-7-13(11-17)9-14(8-12)19-6-3-15-1-4-18-5-2-15/h7-11H,1-6H2. The summed E-state index contributed by atoms with van der Waals surface area (Å²) in [6.07, 6.45) is 1.42. The molecule has 1 saturated heterocycles. The molecule has 0 unspecified atom stereocenters. The Bertz CT molecular complexity index is 415. The van der Waals surface area contributed by atoms with Gasteiger partial charge in [-0.05, 0) is 18.2 Å². The normalized spacial score (nSPS) is 16.0. The van der Waals surface area contributed by atoms with E-state index in [0.717, 1.165) is 32.8 Å². The summed E-state index contributed by atoms with van der Waals surface area (Å²) >= 11 is 0. The van der Waals surface area contributed by atoms with Crippen molar-refractivity contribution in [2.24, 2.45) is 0 Å². The molecule has 1 heterocycles. The van der Waals surface area contributed by atoms with Crippen LogP contribution in [0.15, 0.2) is 18.2 Å². The van der Waals surface area contributed by atoms with Crippen LogP contribution in [0.1, 0.15) is 20.7 Å². The molecule has 1 aliphatic rings. The second-order valence-electron chi connectivity index (χ2n) is 4.37. The van der Waals surface area contributed by atoms with Crippen molar-refractivity contribution < 1.29 is 19.1 Å². The first-order valence-electron chi connectivity index (χ1n) is 6.30. The zero-order valence-electron chi connectivity index (χ0n) is 10.7. The van der Waals surface area contributed by atoms with Gasteiger partial charge in [-0.25, -0.2) is 0 Å². The van der Waals surface area contributed by atoms with Gasteiger partial charge in [0.1, 0.15) is 24.9 Å². The third-order valence-electron chi connectivity index (χ3n) is 3.00. The quantitative estimate of drug-likeness (QED) is 0.717. The molecule has 0 radical (unpaired) electrons. The number of carbonyl (C=O) groups is 2. The van der Waals surface area contributed by atoms with Crippen LogP contribution in [0, 0.1) is 0 Å². The maximum absolute atomic E-state index is 10.8. The lowest BCUT2D eigenvalue weighted by molar-refractivity contribution is 0.0322. The highest BCUT2D eigenvalue weighted by atomic mass is 16.5. The third kappa shape index (κ3) is 4.15. The topological polar surface area (TPSA) is 55.8 Å². The van der Waals surface area contributed by atoms with Crippen LogP contribution in [0.4, 0.5) is 0 Å². The van der Waals surface area contributed by atoms with Crippen LogP contribution in [-0.2, 0) is 4.74 Å². The van der Waals surface area contributed by atoms with Crippen molar-refractivity contribution >= 4 is 12.6 Å². The van der Waals surface area contributed by atoms with Gasteiger partial charge in [-0.3, -0.25) is 14.5 Å². The molecule has 1 aliphatic heterocycles. The van der Waals surface area contributed by atoms with Crippen LogP contribution in [0.3, 0.4) is 0 Å². The minimum atomic E-state index is 0.450. The summed E-state index contributed by atoms with van der Waals surface area (Å²) in [6, 6.07) is 4.81. The molecule has 1 aromatic carbocycles. The van der Waals surface area contributed by atoms with E-state index in [1.165, 1.54) is 6.07 Å². The Morgan fingerprint density at radius 3 is 2.32 bits per heavy atom. The Morgan fingerprint density at radius 1 is 1.11 bits per heavy atom. The van der Waals surface area contributed by atoms with Gasteiger partial charge < -0.3 is 9.47 Å². The molecule has 0 bridgehead atoms. The Morgan fingerprint density at radius 2 is 1.74 bits per heavy atom.